The van der Waals surface area contributed by atoms with E-state index in [1.807, 2.05) is 0 Å². The summed E-state index contributed by atoms with van der Waals surface area (Å²) < 4.78 is 0. The molecule has 0 radical (unpaired) electrons. The second kappa shape index (κ2) is 58.5. The van der Waals surface area contributed by atoms with Gasteiger partial charge in [0.25, 0.3) is 0 Å². The van der Waals surface area contributed by atoms with Crippen LogP contribution >= 0.6 is 0 Å². The topological polar surface area (TPSA) is 44.5 Å². The molecule has 0 aliphatic heterocycles. The van der Waals surface area contributed by atoms with Crippen molar-refractivity contribution in [3.05, 3.63) is 0 Å². The highest BCUT2D eigenvalue weighted by molar-refractivity contribution is 4.60. The van der Waals surface area contributed by atoms with Crippen LogP contribution in [0.4, 0.5) is 0 Å². The normalized spacial score (nSPS) is 10.9. The monoisotopic (exact) mass is 759 g/mol. The van der Waals surface area contributed by atoms with Gasteiger partial charge < -0.3 is 25.1 Å². The molecule has 2 N–H and O–H groups in total. The summed E-state index contributed by atoms with van der Waals surface area (Å²) in [5.41, 5.74) is 0. The summed E-state index contributed by atoms with van der Waals surface area (Å²) in [7, 11) is 0. The van der Waals surface area contributed by atoms with E-state index in [1.54, 1.807) is 0 Å². The van der Waals surface area contributed by atoms with Crippen LogP contribution in [0.25, 0.3) is 0 Å². The Labute approximate surface area is 339 Å². The van der Waals surface area contributed by atoms with Crippen molar-refractivity contribution in [1.29, 1.82) is 0 Å². The molecule has 5 heteroatoms. The van der Waals surface area contributed by atoms with E-state index in [2.05, 4.69) is 103 Å². The highest BCUT2D eigenvalue weighted by Crippen LogP contribution is 2.04. The number of nitrogens with zero attached hydrogens (tertiary/aromatic N) is 4. The minimum atomic E-state index is 0. The summed E-state index contributed by atoms with van der Waals surface area (Å²) in [5.74, 6) is 0. The zero-order valence-electron chi connectivity index (χ0n) is 39.7. The molecule has 0 spiro atoms. The largest absolute Gasteiger partial charge is 0.412 e. The van der Waals surface area contributed by atoms with E-state index in [-0.39, 0.29) is 5.48 Å². The van der Waals surface area contributed by atoms with Gasteiger partial charge in [0.05, 0.1) is 0 Å². The van der Waals surface area contributed by atoms with Crippen LogP contribution in [-0.4, -0.2) is 104 Å². The molecule has 0 bridgehead atoms. The first-order valence-electron chi connectivity index (χ1n) is 24.3. The van der Waals surface area contributed by atoms with Gasteiger partial charge in [-0.3, -0.25) is 0 Å². The SMILES string of the molecule is CCCCN(CCCC)CCCC.CCCCN(CCCC)CCCC.CCCCN(CCCC)CCCC.CCCCN(CCCC)CCCC.O. The van der Waals surface area contributed by atoms with Gasteiger partial charge in [-0.1, -0.05) is 160 Å². The summed E-state index contributed by atoms with van der Waals surface area (Å²) in [4.78, 5) is 10.5. The summed E-state index contributed by atoms with van der Waals surface area (Å²) in [5, 5.41) is 0. The molecule has 0 aliphatic rings. The molecule has 0 saturated carbocycles. The molecule has 5 nitrogen and oxygen atoms in total. The molecular formula is C48H110N4O. The third-order valence-electron chi connectivity index (χ3n) is 9.93. The average molecular weight is 759 g/mol. The summed E-state index contributed by atoms with van der Waals surface area (Å²) in [6, 6.07) is 0. The quantitative estimate of drug-likeness (QED) is 0.0638. The summed E-state index contributed by atoms with van der Waals surface area (Å²) in [6.07, 6.45) is 32.4. The Morgan fingerprint density at radius 1 is 0.170 bits per heavy atom. The van der Waals surface area contributed by atoms with Crippen molar-refractivity contribution in [2.45, 2.75) is 237 Å². The zero-order chi connectivity index (χ0) is 39.8. The number of hydrogen-bond donors (Lipinski definition) is 0. The molecule has 0 atom stereocenters. The van der Waals surface area contributed by atoms with Gasteiger partial charge in [0.1, 0.15) is 0 Å². The molecule has 0 aliphatic carbocycles. The lowest BCUT2D eigenvalue weighted by atomic mass is 10.2. The van der Waals surface area contributed by atoms with Crippen molar-refractivity contribution >= 4 is 0 Å². The van der Waals surface area contributed by atoms with Crippen LogP contribution in [0.3, 0.4) is 0 Å². The highest BCUT2D eigenvalue weighted by atomic mass is 16.0. The summed E-state index contributed by atoms with van der Waals surface area (Å²) >= 11 is 0. The van der Waals surface area contributed by atoms with Crippen LogP contribution in [0.15, 0.2) is 0 Å². The first-order chi connectivity index (χ1) is 25.4. The van der Waals surface area contributed by atoms with Crippen LogP contribution in [0, 0.1) is 0 Å². The summed E-state index contributed by atoms with van der Waals surface area (Å²) in [6.45, 7) is 43.1. The fourth-order valence-electron chi connectivity index (χ4n) is 5.92. The van der Waals surface area contributed by atoms with E-state index in [0.29, 0.717) is 0 Å². The molecule has 53 heavy (non-hydrogen) atoms. The molecule has 0 rings (SSSR count). The van der Waals surface area contributed by atoms with Crippen LogP contribution in [0.2, 0.25) is 0 Å². The van der Waals surface area contributed by atoms with Gasteiger partial charge in [0.2, 0.25) is 0 Å². The van der Waals surface area contributed by atoms with Crippen LogP contribution < -0.4 is 0 Å². The standard InChI is InChI=1S/4C12H27N.H2O/c4*1-4-7-10-13(11-8-5-2)12-9-6-3;/h4*4-12H2,1-3H3;1H2. The zero-order valence-corrected chi connectivity index (χ0v) is 39.7. The second-order valence-electron chi connectivity index (χ2n) is 15.6. The van der Waals surface area contributed by atoms with Crippen molar-refractivity contribution in [2.75, 3.05) is 78.5 Å². The number of rotatable bonds is 36. The molecule has 0 aromatic carbocycles. The number of hydrogen-bond acceptors (Lipinski definition) is 4. The minimum Gasteiger partial charge on any atom is -0.412 e. The average Bonchev–Trinajstić information content (AvgIpc) is 3.17. The fraction of sp³-hybridized carbons (Fsp3) is 1.00. The van der Waals surface area contributed by atoms with E-state index in [1.165, 1.54) is 233 Å². The predicted molar refractivity (Wildman–Crippen MR) is 248 cm³/mol. The highest BCUT2D eigenvalue weighted by Gasteiger charge is 2.04. The lowest BCUT2D eigenvalue weighted by Crippen LogP contribution is -2.27. The van der Waals surface area contributed by atoms with E-state index < -0.39 is 0 Å². The Bertz CT molecular complexity index is 392. The van der Waals surface area contributed by atoms with Crippen molar-refractivity contribution in [1.82, 2.24) is 19.6 Å². The van der Waals surface area contributed by atoms with Gasteiger partial charge in [-0.05, 0) is 156 Å². The van der Waals surface area contributed by atoms with Gasteiger partial charge in [-0.2, -0.15) is 0 Å². The van der Waals surface area contributed by atoms with Crippen molar-refractivity contribution < 1.29 is 5.48 Å². The smallest absolute Gasteiger partial charge is 0.00188 e. The third-order valence-corrected chi connectivity index (χ3v) is 9.93. The molecule has 0 aromatic rings. The van der Waals surface area contributed by atoms with Gasteiger partial charge in [-0.15, -0.1) is 0 Å². The lowest BCUT2D eigenvalue weighted by molar-refractivity contribution is 0.261. The Kier molecular flexibility index (Phi) is 68.4. The Morgan fingerprint density at radius 3 is 0.302 bits per heavy atom. The minimum absolute atomic E-state index is 0. The van der Waals surface area contributed by atoms with Gasteiger partial charge in [0, 0.05) is 0 Å². The van der Waals surface area contributed by atoms with Crippen LogP contribution in [-0.2, 0) is 0 Å². The molecular weight excluding hydrogens is 649 g/mol. The van der Waals surface area contributed by atoms with Crippen molar-refractivity contribution in [2.24, 2.45) is 0 Å². The maximum atomic E-state index is 2.64. The number of unbranched alkanes of at least 4 members (excludes halogenated alkanes) is 12. The van der Waals surface area contributed by atoms with Gasteiger partial charge in [-0.25, -0.2) is 0 Å². The molecule has 0 amide bonds. The predicted octanol–water partition coefficient (Wildman–Crippen LogP) is 13.9. The fourth-order valence-corrected chi connectivity index (χ4v) is 5.92. The molecule has 0 aromatic heterocycles. The second-order valence-corrected chi connectivity index (χ2v) is 15.6. The molecule has 0 saturated heterocycles. The first-order valence-corrected chi connectivity index (χ1v) is 24.3. The lowest BCUT2D eigenvalue weighted by Gasteiger charge is -2.21. The molecule has 0 heterocycles. The van der Waals surface area contributed by atoms with Crippen molar-refractivity contribution in [3.63, 3.8) is 0 Å². The van der Waals surface area contributed by atoms with Crippen LogP contribution in [0.5, 0.6) is 0 Å². The van der Waals surface area contributed by atoms with Gasteiger partial charge in [0.15, 0.2) is 0 Å². The Morgan fingerprint density at radius 2 is 0.245 bits per heavy atom. The Balaban J connectivity index is -0.000000192. The molecule has 0 unspecified atom stereocenters. The molecule has 0 fully saturated rings. The van der Waals surface area contributed by atoms with E-state index in [0.717, 1.165) is 0 Å². The van der Waals surface area contributed by atoms with Gasteiger partial charge >= 0.3 is 0 Å². The Hall–Kier alpha value is -0.200. The first kappa shape index (κ1) is 62.0. The van der Waals surface area contributed by atoms with E-state index in [9.17, 15) is 0 Å². The molecule has 328 valence electrons. The maximum Gasteiger partial charge on any atom is -0.00188 e. The van der Waals surface area contributed by atoms with Crippen LogP contribution in [0.1, 0.15) is 237 Å². The van der Waals surface area contributed by atoms with E-state index in [4.69, 9.17) is 0 Å². The maximum absolute atomic E-state index is 2.64. The third kappa shape index (κ3) is 56.2. The van der Waals surface area contributed by atoms with Crippen molar-refractivity contribution in [3.8, 4) is 0 Å². The van der Waals surface area contributed by atoms with E-state index >= 15 is 0 Å².